The van der Waals surface area contributed by atoms with Crippen LogP contribution in [0, 0.1) is 13.8 Å². The summed E-state index contributed by atoms with van der Waals surface area (Å²) in [4.78, 5) is 2.27. The Morgan fingerprint density at radius 1 is 1.09 bits per heavy atom. The van der Waals surface area contributed by atoms with E-state index in [9.17, 15) is 8.42 Å². The van der Waals surface area contributed by atoms with Crippen LogP contribution in [0.1, 0.15) is 17.0 Å². The van der Waals surface area contributed by atoms with E-state index in [1.807, 2.05) is 43.3 Å². The van der Waals surface area contributed by atoms with Crippen molar-refractivity contribution >= 4 is 15.7 Å². The molecule has 0 amide bonds. The van der Waals surface area contributed by atoms with Gasteiger partial charge >= 0.3 is 0 Å². The van der Waals surface area contributed by atoms with Gasteiger partial charge in [-0.1, -0.05) is 12.1 Å². The van der Waals surface area contributed by atoms with Crippen molar-refractivity contribution in [2.24, 2.45) is 0 Å². The van der Waals surface area contributed by atoms with Crippen molar-refractivity contribution in [3.8, 4) is 0 Å². The number of nitrogens with zero attached hydrogens (tertiary/aromatic N) is 3. The molecule has 0 fully saturated rings. The maximum absolute atomic E-state index is 12.7. The second-order valence-electron chi connectivity index (χ2n) is 5.59. The molecule has 0 saturated heterocycles. The minimum atomic E-state index is -3.55. The molecule has 0 aliphatic heterocycles. The van der Waals surface area contributed by atoms with E-state index in [1.54, 1.807) is 20.9 Å². The first-order valence-electron chi connectivity index (χ1n) is 6.97. The summed E-state index contributed by atoms with van der Waals surface area (Å²) in [6.07, 6.45) is 0. The molecule has 0 aliphatic rings. The van der Waals surface area contributed by atoms with E-state index in [1.165, 1.54) is 4.31 Å². The number of nitrogens with one attached hydrogen (secondary N) is 1. The number of anilines is 1. The molecule has 22 heavy (non-hydrogen) atoms. The van der Waals surface area contributed by atoms with E-state index in [0.717, 1.165) is 11.3 Å². The van der Waals surface area contributed by atoms with Gasteiger partial charge in [0.25, 0.3) is 0 Å². The average molecular weight is 322 g/mol. The van der Waals surface area contributed by atoms with Crippen LogP contribution < -0.4 is 4.90 Å². The predicted molar refractivity (Wildman–Crippen MR) is 87.5 cm³/mol. The van der Waals surface area contributed by atoms with Crippen molar-refractivity contribution < 1.29 is 8.42 Å². The molecule has 0 spiro atoms. The number of aromatic nitrogens is 2. The van der Waals surface area contributed by atoms with Gasteiger partial charge in [0.2, 0.25) is 10.0 Å². The highest BCUT2D eigenvalue weighted by Crippen LogP contribution is 2.22. The first-order valence-corrected chi connectivity index (χ1v) is 8.41. The van der Waals surface area contributed by atoms with Gasteiger partial charge in [0.05, 0.1) is 11.4 Å². The summed E-state index contributed by atoms with van der Waals surface area (Å²) in [6, 6.07) is 7.83. The number of aromatic amines is 1. The molecule has 0 aliphatic carbocycles. The van der Waals surface area contributed by atoms with Crippen molar-refractivity contribution in [2.75, 3.05) is 26.0 Å². The number of rotatable bonds is 5. The number of aryl methyl sites for hydroxylation is 2. The van der Waals surface area contributed by atoms with E-state index in [2.05, 4.69) is 10.2 Å². The first-order chi connectivity index (χ1) is 10.2. The third-order valence-corrected chi connectivity index (χ3v) is 5.65. The Balaban J connectivity index is 2.23. The van der Waals surface area contributed by atoms with E-state index >= 15 is 0 Å². The summed E-state index contributed by atoms with van der Waals surface area (Å²) in [7, 11) is 1.97. The van der Waals surface area contributed by atoms with Crippen LogP contribution in [0.4, 0.5) is 5.69 Å². The number of hydrogen-bond donors (Lipinski definition) is 1. The van der Waals surface area contributed by atoms with E-state index in [4.69, 9.17) is 0 Å². The standard InChI is InChI=1S/C15H22N4O2S/c1-11-15(12(2)17-16-11)22(20,21)19(5)10-13-6-8-14(9-7-13)18(3)4/h6-9H,10H2,1-5H3,(H,16,17). The zero-order chi connectivity index (χ0) is 16.5. The first kappa shape index (κ1) is 16.5. The van der Waals surface area contributed by atoms with Crippen LogP contribution in [0.2, 0.25) is 0 Å². The summed E-state index contributed by atoms with van der Waals surface area (Å²) in [5, 5.41) is 6.69. The van der Waals surface area contributed by atoms with Crippen LogP contribution in [-0.4, -0.2) is 44.1 Å². The zero-order valence-electron chi connectivity index (χ0n) is 13.6. The summed E-state index contributed by atoms with van der Waals surface area (Å²) in [5.41, 5.74) is 3.07. The maximum atomic E-state index is 12.7. The van der Waals surface area contributed by atoms with E-state index < -0.39 is 10.0 Å². The fourth-order valence-corrected chi connectivity index (χ4v) is 3.80. The lowest BCUT2D eigenvalue weighted by Gasteiger charge is -2.18. The van der Waals surface area contributed by atoms with E-state index in [0.29, 0.717) is 17.9 Å². The second kappa shape index (κ2) is 6.10. The molecule has 7 heteroatoms. The molecule has 0 saturated carbocycles. The van der Waals surface area contributed by atoms with Crippen LogP contribution in [-0.2, 0) is 16.6 Å². The number of H-pyrrole nitrogens is 1. The number of sulfonamides is 1. The third-order valence-electron chi connectivity index (χ3n) is 3.59. The van der Waals surface area contributed by atoms with Gasteiger partial charge in [-0.05, 0) is 31.5 Å². The van der Waals surface area contributed by atoms with Crippen LogP contribution >= 0.6 is 0 Å². The van der Waals surface area contributed by atoms with Gasteiger partial charge in [-0.15, -0.1) is 0 Å². The molecule has 2 rings (SSSR count). The lowest BCUT2D eigenvalue weighted by molar-refractivity contribution is 0.466. The molecule has 0 unspecified atom stereocenters. The van der Waals surface area contributed by atoms with Crippen molar-refractivity contribution in [1.29, 1.82) is 0 Å². The molecule has 1 heterocycles. The Kier molecular flexibility index (Phi) is 4.58. The maximum Gasteiger partial charge on any atom is 0.246 e. The predicted octanol–water partition coefficient (Wildman–Crippen LogP) is 1.91. The zero-order valence-corrected chi connectivity index (χ0v) is 14.4. The van der Waals surface area contributed by atoms with Crippen molar-refractivity contribution in [1.82, 2.24) is 14.5 Å². The minimum absolute atomic E-state index is 0.264. The molecule has 2 aromatic rings. The highest BCUT2D eigenvalue weighted by molar-refractivity contribution is 7.89. The quantitative estimate of drug-likeness (QED) is 0.913. The topological polar surface area (TPSA) is 69.3 Å². The highest BCUT2D eigenvalue weighted by atomic mass is 32.2. The molecule has 6 nitrogen and oxygen atoms in total. The number of hydrogen-bond acceptors (Lipinski definition) is 4. The van der Waals surface area contributed by atoms with Crippen LogP contribution in [0.25, 0.3) is 0 Å². The molecular weight excluding hydrogens is 300 g/mol. The summed E-state index contributed by atoms with van der Waals surface area (Å²) in [5.74, 6) is 0. The Morgan fingerprint density at radius 3 is 2.14 bits per heavy atom. The van der Waals surface area contributed by atoms with Gasteiger partial charge in [0, 0.05) is 33.4 Å². The Labute approximate surface area is 131 Å². The Morgan fingerprint density at radius 2 is 1.68 bits per heavy atom. The van der Waals surface area contributed by atoms with Crippen LogP contribution in [0.5, 0.6) is 0 Å². The van der Waals surface area contributed by atoms with Gasteiger partial charge in [-0.25, -0.2) is 8.42 Å². The monoisotopic (exact) mass is 322 g/mol. The summed E-state index contributed by atoms with van der Waals surface area (Å²) < 4.78 is 26.7. The third kappa shape index (κ3) is 3.15. The van der Waals surface area contributed by atoms with Crippen molar-refractivity contribution in [3.05, 3.63) is 41.2 Å². The van der Waals surface area contributed by atoms with Gasteiger partial charge < -0.3 is 4.90 Å². The fraction of sp³-hybridized carbons (Fsp3) is 0.400. The Hall–Kier alpha value is -1.86. The summed E-state index contributed by atoms with van der Waals surface area (Å²) in [6.45, 7) is 3.73. The Bertz CT molecular complexity index is 729. The SMILES string of the molecule is Cc1n[nH]c(C)c1S(=O)(=O)N(C)Cc1ccc(N(C)C)cc1. The molecule has 0 atom stereocenters. The minimum Gasteiger partial charge on any atom is -0.378 e. The number of benzene rings is 1. The highest BCUT2D eigenvalue weighted by Gasteiger charge is 2.26. The molecule has 120 valence electrons. The van der Waals surface area contributed by atoms with Gasteiger partial charge in [0.15, 0.2) is 0 Å². The van der Waals surface area contributed by atoms with Gasteiger partial charge in [0.1, 0.15) is 4.90 Å². The van der Waals surface area contributed by atoms with Crippen molar-refractivity contribution in [3.63, 3.8) is 0 Å². The molecule has 1 aromatic carbocycles. The summed E-state index contributed by atoms with van der Waals surface area (Å²) >= 11 is 0. The average Bonchev–Trinajstić information content (AvgIpc) is 2.79. The molecule has 1 aromatic heterocycles. The van der Waals surface area contributed by atoms with Crippen molar-refractivity contribution in [2.45, 2.75) is 25.3 Å². The smallest absolute Gasteiger partial charge is 0.246 e. The fourth-order valence-electron chi connectivity index (χ4n) is 2.32. The molecule has 0 bridgehead atoms. The van der Waals surface area contributed by atoms with Gasteiger partial charge in [-0.2, -0.15) is 9.40 Å². The normalized spacial score (nSPS) is 11.9. The molecule has 1 N–H and O–H groups in total. The van der Waals surface area contributed by atoms with Crippen LogP contribution in [0.3, 0.4) is 0 Å². The molecular formula is C15H22N4O2S. The van der Waals surface area contributed by atoms with E-state index in [-0.39, 0.29) is 4.90 Å². The lowest BCUT2D eigenvalue weighted by Crippen LogP contribution is -2.27. The van der Waals surface area contributed by atoms with Crippen LogP contribution in [0.15, 0.2) is 29.2 Å². The molecule has 0 radical (unpaired) electrons. The largest absolute Gasteiger partial charge is 0.378 e. The lowest BCUT2D eigenvalue weighted by atomic mass is 10.2. The second-order valence-corrected chi connectivity index (χ2v) is 7.57. The van der Waals surface area contributed by atoms with Gasteiger partial charge in [-0.3, -0.25) is 5.10 Å².